The lowest BCUT2D eigenvalue weighted by molar-refractivity contribution is -0.274. The van der Waals surface area contributed by atoms with Crippen LogP contribution in [-0.4, -0.2) is 26.9 Å². The van der Waals surface area contributed by atoms with Crippen LogP contribution >= 0.6 is 0 Å². The highest BCUT2D eigenvalue weighted by Gasteiger charge is 2.34. The minimum atomic E-state index is -4.83. The van der Waals surface area contributed by atoms with Gasteiger partial charge in [-0.2, -0.15) is 0 Å². The van der Waals surface area contributed by atoms with Gasteiger partial charge in [-0.3, -0.25) is 0 Å². The van der Waals surface area contributed by atoms with Crippen LogP contribution in [0.2, 0.25) is 0 Å². The fourth-order valence-electron chi connectivity index (χ4n) is 5.32. The van der Waals surface area contributed by atoms with E-state index in [-0.39, 0.29) is 17.0 Å². The molecule has 1 aliphatic carbocycles. The average Bonchev–Trinajstić information content (AvgIpc) is 3.00. The molecule has 1 N–H and O–H groups in total. The summed E-state index contributed by atoms with van der Waals surface area (Å²) in [6.45, 7) is 0. The zero-order chi connectivity index (χ0) is 25.3. The summed E-state index contributed by atoms with van der Waals surface area (Å²) < 4.78 is 70.0. The third-order valence-electron chi connectivity index (χ3n) is 6.87. The number of anilines is 2. The predicted octanol–water partition coefficient (Wildman–Crippen LogP) is 6.11. The van der Waals surface area contributed by atoms with Crippen molar-refractivity contribution in [2.75, 3.05) is 4.90 Å². The highest BCUT2D eigenvalue weighted by atomic mass is 32.2. The highest BCUT2D eigenvalue weighted by Crippen LogP contribution is 2.41. The lowest BCUT2D eigenvalue weighted by Gasteiger charge is -2.40. The van der Waals surface area contributed by atoms with Crippen molar-refractivity contribution in [2.24, 2.45) is 0 Å². The van der Waals surface area contributed by atoms with E-state index in [9.17, 15) is 21.6 Å². The molecule has 0 bridgehead atoms. The van der Waals surface area contributed by atoms with Gasteiger partial charge in [-0.15, -0.1) is 13.2 Å². The third-order valence-corrected chi connectivity index (χ3v) is 8.40. The second-order valence-corrected chi connectivity index (χ2v) is 11.0. The molecule has 1 fully saturated rings. The highest BCUT2D eigenvalue weighted by molar-refractivity contribution is 7.89. The van der Waals surface area contributed by atoms with Crippen molar-refractivity contribution in [3.63, 3.8) is 0 Å². The van der Waals surface area contributed by atoms with Crippen LogP contribution in [0.5, 0.6) is 5.75 Å². The number of benzene rings is 3. The Balaban J connectivity index is 1.37. The van der Waals surface area contributed by atoms with E-state index in [0.29, 0.717) is 12.8 Å². The van der Waals surface area contributed by atoms with Crippen LogP contribution in [0, 0.1) is 0 Å². The summed E-state index contributed by atoms with van der Waals surface area (Å²) in [7, 11) is -3.91. The monoisotopic (exact) mass is 516 g/mol. The van der Waals surface area contributed by atoms with E-state index in [2.05, 4.69) is 50.8 Å². The van der Waals surface area contributed by atoms with Crippen LogP contribution in [0.4, 0.5) is 24.5 Å². The van der Waals surface area contributed by atoms with Crippen molar-refractivity contribution in [1.82, 2.24) is 4.72 Å². The number of sulfonamides is 1. The maximum atomic E-state index is 13.0. The van der Waals surface area contributed by atoms with Crippen LogP contribution < -0.4 is 14.4 Å². The first-order valence-electron chi connectivity index (χ1n) is 12.0. The van der Waals surface area contributed by atoms with Crippen molar-refractivity contribution < 1.29 is 26.3 Å². The molecule has 2 atom stereocenters. The number of aryl methyl sites for hydroxylation is 2. The van der Waals surface area contributed by atoms with Gasteiger partial charge in [-0.1, -0.05) is 36.4 Å². The van der Waals surface area contributed by atoms with Crippen LogP contribution in [-0.2, 0) is 22.9 Å². The summed E-state index contributed by atoms with van der Waals surface area (Å²) in [5.74, 6) is -0.460. The van der Waals surface area contributed by atoms with Gasteiger partial charge in [-0.25, -0.2) is 13.1 Å². The van der Waals surface area contributed by atoms with E-state index in [1.807, 2.05) is 12.1 Å². The summed E-state index contributed by atoms with van der Waals surface area (Å²) >= 11 is 0. The molecule has 0 saturated heterocycles. The molecule has 1 aliphatic heterocycles. The van der Waals surface area contributed by atoms with Gasteiger partial charge in [0.25, 0.3) is 0 Å². The van der Waals surface area contributed by atoms with E-state index in [4.69, 9.17) is 0 Å². The number of nitrogens with zero attached hydrogens (tertiary/aromatic N) is 1. The standard InChI is InChI=1S/C27H27F3N2O3S/c28-27(29,30)35-23-14-16-24(17-15-23)36(33,34)31-21-8-5-9-22(18-21)32-25-10-3-1-6-19(25)12-13-20-7-2-4-11-26(20)32/h1-4,6-7,10-11,14-17,21-22,31H,5,8-9,12-13,18H2/t21-,22-/m0/s1. The molecule has 5 nitrogen and oxygen atoms in total. The number of nitrogens with one attached hydrogen (secondary N) is 1. The second-order valence-electron chi connectivity index (χ2n) is 9.29. The summed E-state index contributed by atoms with van der Waals surface area (Å²) in [5, 5.41) is 0. The van der Waals surface area contributed by atoms with Gasteiger partial charge < -0.3 is 9.64 Å². The fourth-order valence-corrected chi connectivity index (χ4v) is 6.60. The zero-order valence-electron chi connectivity index (χ0n) is 19.5. The molecule has 1 heterocycles. The molecule has 3 aromatic rings. The Kier molecular flexibility index (Phi) is 6.70. The van der Waals surface area contributed by atoms with E-state index in [0.717, 1.165) is 61.3 Å². The third kappa shape index (κ3) is 5.37. The van der Waals surface area contributed by atoms with E-state index >= 15 is 0 Å². The Labute approximate surface area is 208 Å². The molecule has 36 heavy (non-hydrogen) atoms. The molecule has 9 heteroatoms. The fraction of sp³-hybridized carbons (Fsp3) is 0.333. The molecule has 1 saturated carbocycles. The average molecular weight is 517 g/mol. The topological polar surface area (TPSA) is 58.6 Å². The van der Waals surface area contributed by atoms with E-state index < -0.39 is 22.1 Å². The number of hydrogen-bond donors (Lipinski definition) is 1. The first-order chi connectivity index (χ1) is 17.2. The zero-order valence-corrected chi connectivity index (χ0v) is 20.4. The molecule has 0 spiro atoms. The van der Waals surface area contributed by atoms with Gasteiger partial charge in [0.15, 0.2) is 0 Å². The first-order valence-corrected chi connectivity index (χ1v) is 13.5. The number of para-hydroxylation sites is 2. The molecular weight excluding hydrogens is 489 g/mol. The van der Waals surface area contributed by atoms with Crippen molar-refractivity contribution in [2.45, 2.75) is 61.9 Å². The van der Waals surface area contributed by atoms with Crippen molar-refractivity contribution >= 4 is 21.4 Å². The quantitative estimate of drug-likeness (QED) is 0.445. The molecule has 190 valence electrons. The summed E-state index contributed by atoms with van der Waals surface area (Å²) in [4.78, 5) is 2.28. The maximum Gasteiger partial charge on any atom is 0.573 e. The molecule has 0 radical (unpaired) electrons. The van der Waals surface area contributed by atoms with Crippen molar-refractivity contribution in [3.05, 3.63) is 83.9 Å². The molecule has 0 aromatic heterocycles. The van der Waals surface area contributed by atoms with Gasteiger partial charge in [-0.05, 0) is 86.1 Å². The maximum absolute atomic E-state index is 13.0. The molecule has 5 rings (SSSR count). The van der Waals surface area contributed by atoms with Crippen molar-refractivity contribution in [1.29, 1.82) is 0 Å². The van der Waals surface area contributed by atoms with Gasteiger partial charge >= 0.3 is 6.36 Å². The van der Waals surface area contributed by atoms with Gasteiger partial charge in [0, 0.05) is 23.5 Å². The first kappa shape index (κ1) is 24.6. The number of rotatable bonds is 5. The normalized spacial score (nSPS) is 20.2. The number of fused-ring (bicyclic) bond motifs is 2. The lowest BCUT2D eigenvalue weighted by Crippen LogP contribution is -2.44. The Morgan fingerprint density at radius 3 is 2.00 bits per heavy atom. The Morgan fingerprint density at radius 2 is 1.42 bits per heavy atom. The molecule has 0 amide bonds. The minimum absolute atomic E-state index is 0.0930. The summed E-state index contributed by atoms with van der Waals surface area (Å²) in [6.07, 6.45) is 0.169. The molecule has 2 aliphatic rings. The number of halogens is 3. The van der Waals surface area contributed by atoms with E-state index in [1.54, 1.807) is 0 Å². The smallest absolute Gasteiger partial charge is 0.406 e. The van der Waals surface area contributed by atoms with E-state index in [1.165, 1.54) is 11.1 Å². The summed E-state index contributed by atoms with van der Waals surface area (Å²) in [5.41, 5.74) is 4.88. The van der Waals surface area contributed by atoms with Crippen LogP contribution in [0.3, 0.4) is 0 Å². The Bertz CT molecular complexity index is 1280. The largest absolute Gasteiger partial charge is 0.573 e. The van der Waals surface area contributed by atoms with Gasteiger partial charge in [0.2, 0.25) is 10.0 Å². The van der Waals surface area contributed by atoms with Gasteiger partial charge in [0.05, 0.1) is 4.90 Å². The molecule has 0 unspecified atom stereocenters. The van der Waals surface area contributed by atoms with Crippen LogP contribution in [0.1, 0.15) is 36.8 Å². The number of hydrogen-bond acceptors (Lipinski definition) is 4. The lowest BCUT2D eigenvalue weighted by atomic mass is 9.89. The SMILES string of the molecule is O=S(=O)(N[C@H]1CCC[C@H](N2c3ccccc3CCc3ccccc32)C1)c1ccc(OC(F)(F)F)cc1. The predicted molar refractivity (Wildman–Crippen MR) is 132 cm³/mol. The number of alkyl halides is 3. The molecular formula is C27H27F3N2O3S. The number of ether oxygens (including phenoxy) is 1. The minimum Gasteiger partial charge on any atom is -0.406 e. The Hall–Kier alpha value is -3.04. The second kappa shape index (κ2) is 9.78. The van der Waals surface area contributed by atoms with Crippen molar-refractivity contribution in [3.8, 4) is 5.75 Å². The Morgan fingerprint density at radius 1 is 0.833 bits per heavy atom. The van der Waals surface area contributed by atoms with Crippen LogP contribution in [0.15, 0.2) is 77.7 Å². The van der Waals surface area contributed by atoms with Gasteiger partial charge in [0.1, 0.15) is 5.75 Å². The summed E-state index contributed by atoms with van der Waals surface area (Å²) in [6, 6.07) is 20.9. The molecule has 3 aromatic carbocycles. The van der Waals surface area contributed by atoms with Crippen LogP contribution in [0.25, 0.3) is 0 Å².